The fourth-order valence-electron chi connectivity index (χ4n) is 3.85. The number of nitrogens with zero attached hydrogens (tertiary/aromatic N) is 5. The molecule has 0 spiro atoms. The standard InChI is InChI=1S/C28H19N7/c29-17-22(27-24(18-30)28(31)33-32-27)15-19-11-13-23(14-12-19)35-26(21-9-5-2-6-10-21)16-25(34-35)20-7-3-1-4-8-20/h1-16H,(H3,31,32,33). The molecule has 0 unspecified atom stereocenters. The third-order valence-corrected chi connectivity index (χ3v) is 5.59. The number of aromatic nitrogens is 4. The lowest BCUT2D eigenvalue weighted by Gasteiger charge is -2.08. The number of nitrogens with one attached hydrogen (secondary N) is 1. The van der Waals surface area contributed by atoms with E-state index >= 15 is 0 Å². The van der Waals surface area contributed by atoms with E-state index in [4.69, 9.17) is 10.8 Å². The van der Waals surface area contributed by atoms with Gasteiger partial charge in [0.15, 0.2) is 5.82 Å². The van der Waals surface area contributed by atoms with Gasteiger partial charge >= 0.3 is 0 Å². The summed E-state index contributed by atoms with van der Waals surface area (Å²) in [5, 5.41) is 30.4. The normalized spacial score (nSPS) is 11.1. The summed E-state index contributed by atoms with van der Waals surface area (Å²) in [5.74, 6) is 0.0698. The van der Waals surface area contributed by atoms with E-state index in [2.05, 4.69) is 34.5 Å². The topological polar surface area (TPSA) is 120 Å². The summed E-state index contributed by atoms with van der Waals surface area (Å²) in [5.41, 5.74) is 12.1. The van der Waals surface area contributed by atoms with E-state index in [0.29, 0.717) is 5.69 Å². The first kappa shape index (κ1) is 21.4. The van der Waals surface area contributed by atoms with Gasteiger partial charge < -0.3 is 5.73 Å². The number of allylic oxidation sites excluding steroid dienone is 1. The molecule has 2 aromatic heterocycles. The maximum Gasteiger partial charge on any atom is 0.163 e. The zero-order valence-corrected chi connectivity index (χ0v) is 18.6. The van der Waals surface area contributed by atoms with Crippen molar-refractivity contribution >= 4 is 17.5 Å². The molecule has 5 rings (SSSR count). The van der Waals surface area contributed by atoms with E-state index in [9.17, 15) is 10.5 Å². The molecule has 0 atom stereocenters. The first-order valence-electron chi connectivity index (χ1n) is 10.9. The molecule has 0 aliphatic rings. The van der Waals surface area contributed by atoms with Crippen molar-refractivity contribution in [1.29, 1.82) is 10.5 Å². The van der Waals surface area contributed by atoms with Crippen molar-refractivity contribution in [2.24, 2.45) is 0 Å². The maximum atomic E-state index is 9.65. The number of anilines is 1. The van der Waals surface area contributed by atoms with Crippen molar-refractivity contribution < 1.29 is 0 Å². The molecule has 3 N–H and O–H groups in total. The summed E-state index contributed by atoms with van der Waals surface area (Å²) in [6, 6.07) is 34.0. The van der Waals surface area contributed by atoms with Crippen molar-refractivity contribution in [3.05, 3.63) is 108 Å². The Bertz CT molecular complexity index is 1590. The quantitative estimate of drug-likeness (QED) is 0.343. The number of H-pyrrole nitrogens is 1. The Morgan fingerprint density at radius 2 is 1.54 bits per heavy atom. The van der Waals surface area contributed by atoms with Crippen LogP contribution in [0.3, 0.4) is 0 Å². The van der Waals surface area contributed by atoms with Crippen molar-refractivity contribution in [3.63, 3.8) is 0 Å². The molecule has 3 aromatic carbocycles. The minimum Gasteiger partial charge on any atom is -0.381 e. The summed E-state index contributed by atoms with van der Waals surface area (Å²) < 4.78 is 1.92. The maximum absolute atomic E-state index is 9.65. The lowest BCUT2D eigenvalue weighted by atomic mass is 10.1. The number of rotatable bonds is 5. The second-order valence-corrected chi connectivity index (χ2v) is 7.79. The monoisotopic (exact) mass is 453 g/mol. The van der Waals surface area contributed by atoms with Gasteiger partial charge in [0.25, 0.3) is 0 Å². The molecule has 0 saturated carbocycles. The molecule has 0 fully saturated rings. The van der Waals surface area contributed by atoms with Crippen LogP contribution in [0.15, 0.2) is 91.0 Å². The Balaban J connectivity index is 1.55. The van der Waals surface area contributed by atoms with Crippen LogP contribution in [0.1, 0.15) is 16.8 Å². The molecule has 7 nitrogen and oxygen atoms in total. The Morgan fingerprint density at radius 3 is 2.17 bits per heavy atom. The van der Waals surface area contributed by atoms with Crippen molar-refractivity contribution in [2.45, 2.75) is 0 Å². The Kier molecular flexibility index (Phi) is 5.65. The average Bonchev–Trinajstić information content (AvgIpc) is 3.52. The summed E-state index contributed by atoms with van der Waals surface area (Å²) >= 11 is 0. The second-order valence-electron chi connectivity index (χ2n) is 7.79. The van der Waals surface area contributed by atoms with Gasteiger partial charge in [0.05, 0.1) is 28.3 Å². The van der Waals surface area contributed by atoms with Gasteiger partial charge in [0.1, 0.15) is 17.7 Å². The number of benzene rings is 3. The van der Waals surface area contributed by atoms with Crippen molar-refractivity contribution in [2.75, 3.05) is 5.73 Å². The second kappa shape index (κ2) is 9.22. The largest absolute Gasteiger partial charge is 0.381 e. The first-order chi connectivity index (χ1) is 17.2. The molecule has 0 saturated heterocycles. The highest BCUT2D eigenvalue weighted by Crippen LogP contribution is 2.29. The summed E-state index contributed by atoms with van der Waals surface area (Å²) in [6.45, 7) is 0. The first-order valence-corrected chi connectivity index (χ1v) is 10.9. The number of nitrogen functional groups attached to an aromatic ring is 1. The fourth-order valence-corrected chi connectivity index (χ4v) is 3.85. The van der Waals surface area contributed by atoms with E-state index in [1.807, 2.05) is 83.5 Å². The van der Waals surface area contributed by atoms with Crippen LogP contribution in [-0.4, -0.2) is 20.0 Å². The molecule has 0 bridgehead atoms. The Morgan fingerprint density at radius 1 is 0.886 bits per heavy atom. The van der Waals surface area contributed by atoms with E-state index in [0.717, 1.165) is 33.8 Å². The number of aromatic amines is 1. The van der Waals surface area contributed by atoms with E-state index in [1.54, 1.807) is 6.08 Å². The fraction of sp³-hybridized carbons (Fsp3) is 0. The molecule has 0 aliphatic carbocycles. The molecule has 7 heteroatoms. The molecular weight excluding hydrogens is 434 g/mol. The average molecular weight is 454 g/mol. The van der Waals surface area contributed by atoms with E-state index in [-0.39, 0.29) is 17.0 Å². The van der Waals surface area contributed by atoms with Crippen molar-refractivity contribution in [3.8, 4) is 40.3 Å². The molecule has 2 heterocycles. The lowest BCUT2D eigenvalue weighted by Crippen LogP contribution is -1.99. The molecule has 166 valence electrons. The van der Waals surface area contributed by atoms with E-state index < -0.39 is 0 Å². The molecule has 35 heavy (non-hydrogen) atoms. The van der Waals surface area contributed by atoms with Gasteiger partial charge in [-0.3, -0.25) is 5.10 Å². The number of hydrogen-bond acceptors (Lipinski definition) is 5. The minimum atomic E-state index is 0.0698. The van der Waals surface area contributed by atoms with Crippen LogP contribution in [0.5, 0.6) is 0 Å². The minimum absolute atomic E-state index is 0.0698. The third-order valence-electron chi connectivity index (χ3n) is 5.59. The summed E-state index contributed by atoms with van der Waals surface area (Å²) in [4.78, 5) is 0. The third kappa shape index (κ3) is 4.18. The molecule has 5 aromatic rings. The van der Waals surface area contributed by atoms with Crippen LogP contribution in [0.4, 0.5) is 5.82 Å². The molecule has 0 aliphatic heterocycles. The van der Waals surface area contributed by atoms with Gasteiger partial charge in [-0.1, -0.05) is 72.8 Å². The highest BCUT2D eigenvalue weighted by atomic mass is 15.3. The predicted molar refractivity (Wildman–Crippen MR) is 136 cm³/mol. The zero-order chi connectivity index (χ0) is 24.2. The van der Waals surface area contributed by atoms with Crippen LogP contribution in [0, 0.1) is 22.7 Å². The predicted octanol–water partition coefficient (Wildman–Crippen LogP) is 5.45. The Hall–Kier alpha value is -5.40. The molecular formula is C28H19N7. The van der Waals surface area contributed by atoms with Gasteiger partial charge in [-0.25, -0.2) is 4.68 Å². The molecule has 0 amide bonds. The van der Waals surface area contributed by atoms with Gasteiger partial charge in [0, 0.05) is 11.1 Å². The number of nitrogens with two attached hydrogens (primary N) is 1. The van der Waals surface area contributed by atoms with Crippen molar-refractivity contribution in [1.82, 2.24) is 20.0 Å². The van der Waals surface area contributed by atoms with Gasteiger partial charge in [-0.15, -0.1) is 0 Å². The zero-order valence-electron chi connectivity index (χ0n) is 18.6. The highest BCUT2D eigenvalue weighted by Gasteiger charge is 2.15. The smallest absolute Gasteiger partial charge is 0.163 e. The van der Waals surface area contributed by atoms with Crippen LogP contribution < -0.4 is 5.73 Å². The summed E-state index contributed by atoms with van der Waals surface area (Å²) in [7, 11) is 0. The van der Waals surface area contributed by atoms with Gasteiger partial charge in [-0.05, 0) is 29.8 Å². The van der Waals surface area contributed by atoms with Crippen LogP contribution in [-0.2, 0) is 0 Å². The Labute approximate surface area is 202 Å². The van der Waals surface area contributed by atoms with E-state index in [1.165, 1.54) is 0 Å². The number of nitriles is 2. The summed E-state index contributed by atoms with van der Waals surface area (Å²) in [6.07, 6.45) is 1.69. The van der Waals surface area contributed by atoms with Gasteiger partial charge in [0.2, 0.25) is 0 Å². The highest BCUT2D eigenvalue weighted by molar-refractivity contribution is 5.91. The van der Waals surface area contributed by atoms with Gasteiger partial charge in [-0.2, -0.15) is 20.7 Å². The lowest BCUT2D eigenvalue weighted by molar-refractivity contribution is 0.892. The van der Waals surface area contributed by atoms with Crippen LogP contribution in [0.2, 0.25) is 0 Å². The SMILES string of the molecule is N#CC(=Cc1ccc(-n2nc(-c3ccccc3)cc2-c2ccccc2)cc1)c1[nH]nc(N)c1C#N. The van der Waals surface area contributed by atoms with Crippen LogP contribution >= 0.6 is 0 Å². The number of hydrogen-bond donors (Lipinski definition) is 2. The van der Waals surface area contributed by atoms with Crippen LogP contribution in [0.25, 0.3) is 39.9 Å². The molecule has 0 radical (unpaired) electrons.